The predicted molar refractivity (Wildman–Crippen MR) is 227 cm³/mol. The number of allylic oxidation sites excluding steroid dienone is 14. The molecule has 2 nitrogen and oxygen atoms in total. The maximum atomic E-state index is 6.15. The maximum absolute atomic E-state index is 6.15. The fourth-order valence-corrected chi connectivity index (χ4v) is 6.32. The van der Waals surface area contributed by atoms with Crippen molar-refractivity contribution in [1.82, 2.24) is 0 Å². The van der Waals surface area contributed by atoms with Crippen LogP contribution in [0, 0.1) is 5.92 Å². The molecule has 4 rings (SSSR count). The molecule has 0 saturated carbocycles. The number of nitrogens with zero attached hydrogens (tertiary/aromatic N) is 1. The zero-order valence-electron chi connectivity index (χ0n) is 31.0. The van der Waals surface area contributed by atoms with Crippen molar-refractivity contribution in [3.8, 4) is 11.1 Å². The number of hydrogen-bond donors (Lipinski definition) is 1. The second-order valence-corrected chi connectivity index (χ2v) is 12.9. The summed E-state index contributed by atoms with van der Waals surface area (Å²) in [6, 6.07) is 24.0. The van der Waals surface area contributed by atoms with Gasteiger partial charge in [-0.3, -0.25) is 4.99 Å². The number of aliphatic imine (C=N–C) groups is 1. The molecule has 1 atom stereocenters. The van der Waals surface area contributed by atoms with Gasteiger partial charge in [0.2, 0.25) is 0 Å². The molecule has 0 saturated heterocycles. The summed E-state index contributed by atoms with van der Waals surface area (Å²) < 4.78 is 0. The van der Waals surface area contributed by atoms with Gasteiger partial charge < -0.3 is 5.73 Å². The van der Waals surface area contributed by atoms with E-state index in [-0.39, 0.29) is 0 Å². The van der Waals surface area contributed by atoms with Crippen LogP contribution in [0.4, 0.5) is 0 Å². The SMILES string of the molecule is C=C/C(=C\C(=C/C)c1cccc(CCC)c1C=C)C/C=C\C=C(/C=C)c1cccc(-c2cccc(C3=CC=CC(CN=C(N)/C(C)=C/C)C3)c2)c1. The van der Waals surface area contributed by atoms with Crippen molar-refractivity contribution in [2.24, 2.45) is 16.6 Å². The van der Waals surface area contributed by atoms with Gasteiger partial charge in [0, 0.05) is 12.5 Å². The third-order valence-corrected chi connectivity index (χ3v) is 9.39. The Balaban J connectivity index is 1.49. The lowest BCUT2D eigenvalue weighted by molar-refractivity contribution is 0.679. The number of nitrogens with two attached hydrogens (primary N) is 1. The van der Waals surface area contributed by atoms with E-state index in [2.05, 4.69) is 154 Å². The van der Waals surface area contributed by atoms with Crippen molar-refractivity contribution in [2.75, 3.05) is 6.54 Å². The highest BCUT2D eigenvalue weighted by molar-refractivity contribution is 5.96. The molecule has 0 spiro atoms. The van der Waals surface area contributed by atoms with Crippen molar-refractivity contribution >= 4 is 28.6 Å². The first-order valence-corrected chi connectivity index (χ1v) is 18.1. The number of rotatable bonds is 16. The lowest BCUT2D eigenvalue weighted by Gasteiger charge is -2.18. The van der Waals surface area contributed by atoms with Crippen molar-refractivity contribution < 1.29 is 0 Å². The quantitative estimate of drug-likeness (QED) is 0.0919. The minimum absolute atomic E-state index is 0.324. The molecule has 260 valence electrons. The first-order chi connectivity index (χ1) is 24.8. The summed E-state index contributed by atoms with van der Waals surface area (Å²) in [4.78, 5) is 4.64. The number of hydrogen-bond acceptors (Lipinski definition) is 1. The largest absolute Gasteiger partial charge is 0.384 e. The first-order valence-electron chi connectivity index (χ1n) is 18.1. The number of benzene rings is 3. The smallest absolute Gasteiger partial charge is 0.120 e. The van der Waals surface area contributed by atoms with Gasteiger partial charge in [0.1, 0.15) is 5.84 Å². The molecule has 3 aromatic rings. The molecule has 0 radical (unpaired) electrons. The highest BCUT2D eigenvalue weighted by atomic mass is 14.9. The Bertz CT molecular complexity index is 1960. The van der Waals surface area contributed by atoms with E-state index in [1.807, 2.05) is 38.2 Å². The standard InChI is InChI=1S/C49H54N2/c1-8-20-41-24-19-30-48(47(41)13-6)40(12-5)31-37(10-3)21-14-15-23-39(11-4)43-26-17-28-45(33-43)46-29-18-27-44(34-46)42-25-16-22-38(32-42)35-51-49(50)36(7)9-2/h9-19,22-31,33-34,38H,3-4,6,8,20-21,32,35H2,1-2,5,7H3,(H2,50,51)/b15-14-,36-9+,37-31+,39-23+,40-12+. The Morgan fingerprint density at radius 1 is 0.902 bits per heavy atom. The molecular formula is C49H54N2. The summed E-state index contributed by atoms with van der Waals surface area (Å²) in [5.74, 6) is 0.945. The van der Waals surface area contributed by atoms with Gasteiger partial charge in [-0.15, -0.1) is 0 Å². The Kier molecular flexibility index (Phi) is 14.8. The van der Waals surface area contributed by atoms with E-state index in [1.54, 1.807) is 0 Å². The second-order valence-electron chi connectivity index (χ2n) is 12.9. The molecule has 3 aromatic carbocycles. The molecule has 51 heavy (non-hydrogen) atoms. The molecule has 0 amide bonds. The van der Waals surface area contributed by atoms with Crippen LogP contribution < -0.4 is 5.73 Å². The fourth-order valence-electron chi connectivity index (χ4n) is 6.32. The summed E-state index contributed by atoms with van der Waals surface area (Å²) in [6.07, 6.45) is 29.2. The minimum Gasteiger partial charge on any atom is -0.384 e. The Morgan fingerprint density at radius 3 is 2.35 bits per heavy atom. The van der Waals surface area contributed by atoms with Crippen molar-refractivity contribution in [3.63, 3.8) is 0 Å². The van der Waals surface area contributed by atoms with E-state index in [1.165, 1.54) is 44.5 Å². The summed E-state index contributed by atoms with van der Waals surface area (Å²) >= 11 is 0. The zero-order valence-corrected chi connectivity index (χ0v) is 31.0. The van der Waals surface area contributed by atoms with Crippen molar-refractivity contribution in [2.45, 2.75) is 53.4 Å². The molecule has 1 aliphatic rings. The zero-order chi connectivity index (χ0) is 36.6. The molecule has 1 aliphatic carbocycles. The molecule has 2 N–H and O–H groups in total. The molecule has 0 aromatic heterocycles. The van der Waals surface area contributed by atoms with Crippen LogP contribution in [0.3, 0.4) is 0 Å². The summed E-state index contributed by atoms with van der Waals surface area (Å²) in [5, 5.41) is 0. The molecule has 1 unspecified atom stereocenters. The molecular weight excluding hydrogens is 617 g/mol. The Labute approximate surface area is 307 Å². The fraction of sp³-hybridized carbons (Fsp3) is 0.204. The average molecular weight is 671 g/mol. The Hall–Kier alpha value is -5.47. The molecule has 0 heterocycles. The normalized spacial score (nSPS) is 16.0. The van der Waals surface area contributed by atoms with Gasteiger partial charge in [-0.05, 0) is 119 Å². The summed E-state index contributed by atoms with van der Waals surface area (Å²) in [5.41, 5.74) is 20.4. The topological polar surface area (TPSA) is 38.4 Å². The Morgan fingerprint density at radius 2 is 1.65 bits per heavy atom. The highest BCUT2D eigenvalue weighted by Gasteiger charge is 2.14. The third-order valence-electron chi connectivity index (χ3n) is 9.39. The van der Waals surface area contributed by atoms with Crippen LogP contribution in [-0.4, -0.2) is 12.4 Å². The number of amidine groups is 1. The van der Waals surface area contributed by atoms with Gasteiger partial charge in [-0.1, -0.05) is 161 Å². The van der Waals surface area contributed by atoms with Gasteiger partial charge in [-0.2, -0.15) is 0 Å². The molecule has 0 fully saturated rings. The van der Waals surface area contributed by atoms with Gasteiger partial charge in [0.15, 0.2) is 0 Å². The summed E-state index contributed by atoms with van der Waals surface area (Å²) in [6.45, 7) is 21.3. The van der Waals surface area contributed by atoms with Gasteiger partial charge in [-0.25, -0.2) is 0 Å². The lowest BCUT2D eigenvalue weighted by atomic mass is 9.88. The van der Waals surface area contributed by atoms with Crippen LogP contribution in [0.15, 0.2) is 169 Å². The maximum Gasteiger partial charge on any atom is 0.120 e. The van der Waals surface area contributed by atoms with Crippen LogP contribution in [0.1, 0.15) is 74.8 Å². The van der Waals surface area contributed by atoms with Crippen LogP contribution >= 0.6 is 0 Å². The third kappa shape index (κ3) is 10.5. The van der Waals surface area contributed by atoms with Crippen LogP contribution in [0.5, 0.6) is 0 Å². The predicted octanol–water partition coefficient (Wildman–Crippen LogP) is 13.0. The van der Waals surface area contributed by atoms with Crippen LogP contribution in [0.2, 0.25) is 0 Å². The van der Waals surface area contributed by atoms with Crippen LogP contribution in [0.25, 0.3) is 33.9 Å². The van der Waals surface area contributed by atoms with E-state index < -0.39 is 0 Å². The molecule has 2 heteroatoms. The van der Waals surface area contributed by atoms with E-state index in [0.29, 0.717) is 18.3 Å². The van der Waals surface area contributed by atoms with E-state index >= 15 is 0 Å². The minimum atomic E-state index is 0.324. The lowest BCUT2D eigenvalue weighted by Crippen LogP contribution is -2.16. The first kappa shape index (κ1) is 38.3. The monoisotopic (exact) mass is 670 g/mol. The number of aryl methyl sites for hydroxylation is 1. The highest BCUT2D eigenvalue weighted by Crippen LogP contribution is 2.32. The molecule has 0 bridgehead atoms. The van der Waals surface area contributed by atoms with Gasteiger partial charge in [0.25, 0.3) is 0 Å². The summed E-state index contributed by atoms with van der Waals surface area (Å²) in [7, 11) is 0. The van der Waals surface area contributed by atoms with Crippen molar-refractivity contribution in [3.05, 3.63) is 192 Å². The van der Waals surface area contributed by atoms with E-state index in [9.17, 15) is 0 Å². The van der Waals surface area contributed by atoms with Gasteiger partial charge >= 0.3 is 0 Å². The average Bonchev–Trinajstić information content (AvgIpc) is 3.18. The van der Waals surface area contributed by atoms with Crippen LogP contribution in [-0.2, 0) is 6.42 Å². The second kappa shape index (κ2) is 19.6. The van der Waals surface area contributed by atoms with Gasteiger partial charge in [0.05, 0.1) is 0 Å². The van der Waals surface area contributed by atoms with Crippen molar-refractivity contribution in [1.29, 1.82) is 0 Å². The van der Waals surface area contributed by atoms with E-state index in [0.717, 1.165) is 48.0 Å². The van der Waals surface area contributed by atoms with E-state index in [4.69, 9.17) is 5.73 Å². The molecule has 0 aliphatic heterocycles.